The lowest BCUT2D eigenvalue weighted by Gasteiger charge is -2.10. The molecule has 1 aromatic carbocycles. The highest BCUT2D eigenvalue weighted by Crippen LogP contribution is 2.27. The number of aliphatic hydroxyl groups is 1. The summed E-state index contributed by atoms with van der Waals surface area (Å²) in [5, 5.41) is 9.55. The zero-order chi connectivity index (χ0) is 12.0. The molecule has 88 valence electrons. The average Bonchev–Trinajstić information content (AvgIpc) is 2.29. The highest BCUT2D eigenvalue weighted by molar-refractivity contribution is 7.99. The number of ether oxygens (including phenoxy) is 1. The number of hydrogen-bond donors (Lipinski definition) is 1. The van der Waals surface area contributed by atoms with Crippen molar-refractivity contribution in [2.45, 2.75) is 24.3 Å². The molecule has 1 N–H and O–H groups in total. The zero-order valence-electron chi connectivity index (χ0n) is 9.47. The van der Waals surface area contributed by atoms with Crippen molar-refractivity contribution in [3.05, 3.63) is 29.8 Å². The van der Waals surface area contributed by atoms with Gasteiger partial charge in [-0.25, -0.2) is 0 Å². The lowest BCUT2D eigenvalue weighted by atomic mass is 10.1. The van der Waals surface area contributed by atoms with Crippen molar-refractivity contribution in [1.29, 1.82) is 0 Å². The van der Waals surface area contributed by atoms with E-state index in [0.29, 0.717) is 12.2 Å². The summed E-state index contributed by atoms with van der Waals surface area (Å²) in [6.45, 7) is 1.74. The molecular formula is C12H16O3S. The number of aliphatic hydroxyl groups excluding tert-OH is 1. The van der Waals surface area contributed by atoms with Crippen LogP contribution in [0.2, 0.25) is 0 Å². The number of carbonyl (C=O) groups is 1. The molecule has 1 rings (SSSR count). The van der Waals surface area contributed by atoms with Crippen LogP contribution in [-0.4, -0.2) is 23.9 Å². The topological polar surface area (TPSA) is 46.5 Å². The summed E-state index contributed by atoms with van der Waals surface area (Å²) in [6, 6.07) is 7.66. The van der Waals surface area contributed by atoms with Gasteiger partial charge in [0.05, 0.1) is 19.6 Å². The molecule has 0 heterocycles. The molecule has 3 nitrogen and oxygen atoms in total. The van der Waals surface area contributed by atoms with Gasteiger partial charge in [0.1, 0.15) is 0 Å². The summed E-state index contributed by atoms with van der Waals surface area (Å²) in [6.07, 6.45) is -0.100. The molecule has 0 aliphatic heterocycles. The second-order valence-corrected chi connectivity index (χ2v) is 4.53. The van der Waals surface area contributed by atoms with E-state index in [9.17, 15) is 9.90 Å². The summed E-state index contributed by atoms with van der Waals surface area (Å²) in [5.41, 5.74) is 0.900. The van der Waals surface area contributed by atoms with Crippen LogP contribution in [0.4, 0.5) is 0 Å². The van der Waals surface area contributed by atoms with Crippen LogP contribution in [0, 0.1) is 0 Å². The van der Waals surface area contributed by atoms with Crippen molar-refractivity contribution in [1.82, 2.24) is 0 Å². The minimum absolute atomic E-state index is 0.206. The van der Waals surface area contributed by atoms with Crippen molar-refractivity contribution < 1.29 is 14.6 Å². The van der Waals surface area contributed by atoms with Gasteiger partial charge in [0.15, 0.2) is 0 Å². The van der Waals surface area contributed by atoms with Gasteiger partial charge in [0.25, 0.3) is 0 Å². The van der Waals surface area contributed by atoms with E-state index in [4.69, 9.17) is 0 Å². The summed E-state index contributed by atoms with van der Waals surface area (Å²) in [4.78, 5) is 12.0. The molecule has 0 radical (unpaired) electrons. The quantitative estimate of drug-likeness (QED) is 0.634. The summed E-state index contributed by atoms with van der Waals surface area (Å²) < 4.78 is 4.56. The standard InChI is InChI=1S/C12H16O3S/c1-9(13)10-5-3-4-6-11(10)16-8-7-12(14)15-2/h3-6,9,13H,7-8H2,1-2H3/t9-/m0/s1. The second-order valence-electron chi connectivity index (χ2n) is 3.39. The Morgan fingerprint density at radius 3 is 2.81 bits per heavy atom. The SMILES string of the molecule is COC(=O)CCSc1ccccc1[C@H](C)O. The Balaban J connectivity index is 2.56. The Bertz CT molecular complexity index is 350. The first kappa shape index (κ1) is 13.1. The van der Waals surface area contributed by atoms with Crippen molar-refractivity contribution >= 4 is 17.7 Å². The minimum atomic E-state index is -0.484. The normalized spacial score (nSPS) is 12.2. The number of thioether (sulfide) groups is 1. The first-order valence-corrected chi connectivity index (χ1v) is 6.10. The largest absolute Gasteiger partial charge is 0.469 e. The Kier molecular flexibility index (Phi) is 5.35. The smallest absolute Gasteiger partial charge is 0.306 e. The van der Waals surface area contributed by atoms with E-state index in [2.05, 4.69) is 4.74 Å². The van der Waals surface area contributed by atoms with E-state index in [1.165, 1.54) is 7.11 Å². The highest BCUT2D eigenvalue weighted by atomic mass is 32.2. The van der Waals surface area contributed by atoms with Gasteiger partial charge < -0.3 is 9.84 Å². The molecule has 1 atom stereocenters. The molecule has 0 unspecified atom stereocenters. The van der Waals surface area contributed by atoms with E-state index < -0.39 is 6.10 Å². The lowest BCUT2D eigenvalue weighted by Crippen LogP contribution is -2.01. The summed E-state index contributed by atoms with van der Waals surface area (Å²) in [5.74, 6) is 0.457. The van der Waals surface area contributed by atoms with Gasteiger partial charge in [-0.2, -0.15) is 0 Å². The van der Waals surface area contributed by atoms with Gasteiger partial charge in [-0.05, 0) is 18.6 Å². The van der Waals surface area contributed by atoms with Crippen molar-refractivity contribution in [2.24, 2.45) is 0 Å². The molecule has 4 heteroatoms. The van der Waals surface area contributed by atoms with Crippen LogP contribution in [0.15, 0.2) is 29.2 Å². The van der Waals surface area contributed by atoms with Gasteiger partial charge in [0.2, 0.25) is 0 Å². The Hall–Kier alpha value is -1.00. The fraction of sp³-hybridized carbons (Fsp3) is 0.417. The third-order valence-corrected chi connectivity index (χ3v) is 3.25. The van der Waals surface area contributed by atoms with Crippen molar-refractivity contribution in [3.8, 4) is 0 Å². The van der Waals surface area contributed by atoms with Crippen LogP contribution >= 0.6 is 11.8 Å². The maximum Gasteiger partial charge on any atom is 0.306 e. The molecule has 16 heavy (non-hydrogen) atoms. The van der Waals surface area contributed by atoms with Gasteiger partial charge in [0, 0.05) is 10.6 Å². The Morgan fingerprint density at radius 2 is 2.19 bits per heavy atom. The summed E-state index contributed by atoms with van der Waals surface area (Å²) in [7, 11) is 1.39. The third-order valence-electron chi connectivity index (χ3n) is 2.16. The molecule has 0 aliphatic carbocycles. The monoisotopic (exact) mass is 240 g/mol. The lowest BCUT2D eigenvalue weighted by molar-refractivity contribution is -0.140. The predicted molar refractivity (Wildman–Crippen MR) is 64.4 cm³/mol. The Morgan fingerprint density at radius 1 is 1.50 bits per heavy atom. The van der Waals surface area contributed by atoms with Crippen LogP contribution < -0.4 is 0 Å². The Labute approximate surface area is 99.8 Å². The highest BCUT2D eigenvalue weighted by Gasteiger charge is 2.08. The fourth-order valence-corrected chi connectivity index (χ4v) is 2.37. The molecule has 1 aromatic rings. The van der Waals surface area contributed by atoms with Gasteiger partial charge in [-0.3, -0.25) is 4.79 Å². The van der Waals surface area contributed by atoms with Crippen LogP contribution in [0.1, 0.15) is 25.0 Å². The molecular weight excluding hydrogens is 224 g/mol. The number of carbonyl (C=O) groups excluding carboxylic acids is 1. The van der Waals surface area contributed by atoms with Crippen LogP contribution in [-0.2, 0) is 9.53 Å². The molecule has 0 amide bonds. The van der Waals surface area contributed by atoms with E-state index in [-0.39, 0.29) is 5.97 Å². The number of methoxy groups -OCH3 is 1. The van der Waals surface area contributed by atoms with Gasteiger partial charge in [-0.1, -0.05) is 18.2 Å². The number of esters is 1. The van der Waals surface area contributed by atoms with E-state index in [1.54, 1.807) is 18.7 Å². The molecule has 0 spiro atoms. The van der Waals surface area contributed by atoms with Crippen LogP contribution in [0.25, 0.3) is 0 Å². The first-order valence-electron chi connectivity index (χ1n) is 5.11. The van der Waals surface area contributed by atoms with Crippen LogP contribution in [0.3, 0.4) is 0 Å². The van der Waals surface area contributed by atoms with Gasteiger partial charge >= 0.3 is 5.97 Å². The summed E-state index contributed by atoms with van der Waals surface area (Å²) >= 11 is 1.56. The maximum absolute atomic E-state index is 10.9. The maximum atomic E-state index is 10.9. The van der Waals surface area contributed by atoms with E-state index >= 15 is 0 Å². The van der Waals surface area contributed by atoms with Crippen molar-refractivity contribution in [2.75, 3.05) is 12.9 Å². The van der Waals surface area contributed by atoms with E-state index in [1.807, 2.05) is 24.3 Å². The third kappa shape index (κ3) is 3.87. The zero-order valence-corrected chi connectivity index (χ0v) is 10.3. The fourth-order valence-electron chi connectivity index (χ4n) is 1.30. The molecule has 0 fully saturated rings. The molecule has 0 aliphatic rings. The van der Waals surface area contributed by atoms with E-state index in [0.717, 1.165) is 10.5 Å². The molecule has 0 bridgehead atoms. The molecule has 0 saturated heterocycles. The van der Waals surface area contributed by atoms with Gasteiger partial charge in [-0.15, -0.1) is 11.8 Å². The number of hydrogen-bond acceptors (Lipinski definition) is 4. The number of rotatable bonds is 5. The second kappa shape index (κ2) is 6.55. The molecule has 0 saturated carbocycles. The minimum Gasteiger partial charge on any atom is -0.469 e. The van der Waals surface area contributed by atoms with Crippen LogP contribution in [0.5, 0.6) is 0 Å². The van der Waals surface area contributed by atoms with Crippen molar-refractivity contribution in [3.63, 3.8) is 0 Å². The molecule has 0 aromatic heterocycles. The first-order chi connectivity index (χ1) is 7.65. The predicted octanol–water partition coefficient (Wildman–Crippen LogP) is 2.40. The number of benzene rings is 1. The average molecular weight is 240 g/mol.